The number of aromatic hydroxyl groups is 1. The molecule has 0 aliphatic carbocycles. The zero-order chi connectivity index (χ0) is 66.1. The lowest BCUT2D eigenvalue weighted by atomic mass is 9.83. The van der Waals surface area contributed by atoms with Crippen LogP contribution >= 0.6 is 0 Å². The molecule has 7 aromatic carbocycles. The minimum atomic E-state index is -3.85. The predicted molar refractivity (Wildman–Crippen MR) is 302 cm³/mol. The van der Waals surface area contributed by atoms with E-state index in [9.17, 15) is 10.6 Å². The minimum absolute atomic E-state index is 0.0500. The van der Waals surface area contributed by atoms with Crippen molar-refractivity contribution in [2.24, 2.45) is 0 Å². The number of hydrogen-bond donors (Lipinski definition) is 1. The standard InChI is InChI=1S/C67H71N3O/c1-41(2)48-37-55(42(3)4)63(71)58(38-48)64-69-62-54(49-34-50(36-53(35-49)67(12,13)14)59-39-47(31-32-68-59)44-23-27-51(28-24-44)65(6,7)8)21-18-22-60(62)70(64)61-33-43(5)56(40-57(61)45-19-16-15-17-20-45)46-25-29-52(30-26-46)66(9,10)11/h15-42,71H,1-14H3/i5D3,6D3,7D3,8D3,23D,24D,27D,28D,41D,42D. The number of phenolic OH excluding ortho intramolecular Hbond substituents is 1. The van der Waals surface area contributed by atoms with Gasteiger partial charge in [0, 0.05) is 42.1 Å². The van der Waals surface area contributed by atoms with Gasteiger partial charge in [-0.3, -0.25) is 9.55 Å². The van der Waals surface area contributed by atoms with Crippen LogP contribution in [0.25, 0.3) is 83.9 Å². The van der Waals surface area contributed by atoms with E-state index in [4.69, 9.17) is 29.2 Å². The average Bonchev–Trinajstić information content (AvgIpc) is 0.785. The molecule has 4 heteroatoms. The van der Waals surface area contributed by atoms with Crippen LogP contribution in [0.3, 0.4) is 0 Å². The van der Waals surface area contributed by atoms with Crippen molar-refractivity contribution < 1.29 is 29.8 Å². The molecule has 0 saturated heterocycles. The van der Waals surface area contributed by atoms with E-state index in [0.29, 0.717) is 55.7 Å². The summed E-state index contributed by atoms with van der Waals surface area (Å²) in [6.45, 7) is 4.86. The lowest BCUT2D eigenvalue weighted by Crippen LogP contribution is -2.11. The van der Waals surface area contributed by atoms with Crippen molar-refractivity contribution in [2.75, 3.05) is 0 Å². The van der Waals surface area contributed by atoms with Gasteiger partial charge >= 0.3 is 0 Å². The van der Waals surface area contributed by atoms with Crippen LogP contribution in [-0.2, 0) is 16.2 Å². The van der Waals surface area contributed by atoms with Gasteiger partial charge in [0.1, 0.15) is 11.6 Å². The molecule has 1 N–H and O–H groups in total. The second kappa shape index (κ2) is 18.6. The van der Waals surface area contributed by atoms with Crippen molar-refractivity contribution in [2.45, 2.75) is 125 Å². The van der Waals surface area contributed by atoms with Gasteiger partial charge in [0.05, 0.1) is 33.5 Å². The van der Waals surface area contributed by atoms with Crippen LogP contribution in [0, 0.1) is 6.85 Å². The Morgan fingerprint density at radius 1 is 0.549 bits per heavy atom. The summed E-state index contributed by atoms with van der Waals surface area (Å²) in [7, 11) is 0. The van der Waals surface area contributed by atoms with Crippen LogP contribution in [-0.4, -0.2) is 19.6 Å². The first-order valence-corrected chi connectivity index (χ1v) is 23.8. The van der Waals surface area contributed by atoms with E-state index in [0.717, 1.165) is 16.7 Å². The molecule has 0 bridgehead atoms. The molecule has 0 amide bonds. The van der Waals surface area contributed by atoms with E-state index in [2.05, 4.69) is 20.8 Å². The Morgan fingerprint density at radius 3 is 1.89 bits per heavy atom. The lowest BCUT2D eigenvalue weighted by molar-refractivity contribution is 0.466. The Bertz CT molecular complexity index is 4160. The molecule has 0 atom stereocenters. The molecule has 0 aliphatic rings. The zero-order valence-corrected chi connectivity index (χ0v) is 42.0. The molecule has 9 rings (SSSR count). The van der Waals surface area contributed by atoms with Gasteiger partial charge in [-0.05, 0) is 150 Å². The highest BCUT2D eigenvalue weighted by Gasteiger charge is 2.27. The number of phenols is 1. The molecule has 2 aromatic heterocycles. The first kappa shape index (κ1) is 31.3. The molecule has 9 aromatic rings. The van der Waals surface area contributed by atoms with E-state index in [1.165, 1.54) is 18.3 Å². The highest BCUT2D eigenvalue weighted by Crippen LogP contribution is 2.46. The topological polar surface area (TPSA) is 50.9 Å². The molecule has 0 radical (unpaired) electrons. The van der Waals surface area contributed by atoms with Gasteiger partial charge in [-0.15, -0.1) is 0 Å². The van der Waals surface area contributed by atoms with Crippen molar-refractivity contribution >= 4 is 11.0 Å². The Labute approximate surface area is 448 Å². The average molecular weight is 952 g/mol. The molecule has 0 spiro atoms. The smallest absolute Gasteiger partial charge is 0.149 e. The fourth-order valence-electron chi connectivity index (χ4n) is 8.99. The summed E-state index contributed by atoms with van der Waals surface area (Å²) in [5.41, 5.74) is 2.55. The SMILES string of the molecule is [2H]c1c([2H])c(C(C([2H])([2H])[2H])(C([2H])([2H])[2H])C([2H])([2H])[2H])c([2H])c([2H])c1-c1ccnc(-c2cc(-c3cccc4c3nc(-c3cc(C([2H])(C)C)cc(C([2H])(C)C)c3O)n4-c3cc(C([2H])([2H])[2H])c(-c4ccc(C(C)(C)C)cc4)cc3-c3ccccc3)cc(C(C)(C)C)c2)c1. The van der Waals surface area contributed by atoms with Gasteiger partial charge in [-0.2, -0.15) is 0 Å². The maximum absolute atomic E-state index is 12.7. The van der Waals surface area contributed by atoms with Gasteiger partial charge < -0.3 is 5.11 Å². The summed E-state index contributed by atoms with van der Waals surface area (Å²) in [6.07, 6.45) is 1.38. The van der Waals surface area contributed by atoms with E-state index >= 15 is 0 Å². The van der Waals surface area contributed by atoms with Gasteiger partial charge in [0.15, 0.2) is 0 Å². The summed E-state index contributed by atoms with van der Waals surface area (Å²) < 4.78 is 159. The molecule has 4 nitrogen and oxygen atoms in total. The third-order valence-corrected chi connectivity index (χ3v) is 13.1. The van der Waals surface area contributed by atoms with Gasteiger partial charge in [0.2, 0.25) is 0 Å². The number of hydrogen-bond acceptors (Lipinski definition) is 3. The minimum Gasteiger partial charge on any atom is -0.507 e. The number of rotatable bonds is 9. The molecular weight excluding hydrogens is 863 g/mol. The van der Waals surface area contributed by atoms with Crippen LogP contribution in [0.4, 0.5) is 0 Å². The fourth-order valence-corrected chi connectivity index (χ4v) is 8.99. The number of fused-ring (bicyclic) bond motifs is 1. The van der Waals surface area contributed by atoms with Gasteiger partial charge in [-0.25, -0.2) is 4.98 Å². The van der Waals surface area contributed by atoms with Crippen LogP contribution in [0.5, 0.6) is 5.75 Å². The van der Waals surface area contributed by atoms with E-state index in [-0.39, 0.29) is 50.5 Å². The van der Waals surface area contributed by atoms with Crippen LogP contribution in [0.15, 0.2) is 158 Å². The van der Waals surface area contributed by atoms with E-state index < -0.39 is 79.8 Å². The monoisotopic (exact) mass is 952 g/mol. The lowest BCUT2D eigenvalue weighted by Gasteiger charge is -2.22. The van der Waals surface area contributed by atoms with Crippen LogP contribution in [0.2, 0.25) is 0 Å². The summed E-state index contributed by atoms with van der Waals surface area (Å²) in [6, 6.07) is 34.6. The first-order valence-electron chi connectivity index (χ1n) is 32.8. The van der Waals surface area contributed by atoms with Crippen molar-refractivity contribution in [3.8, 4) is 78.6 Å². The number of aromatic nitrogens is 3. The Balaban J connectivity index is 1.36. The van der Waals surface area contributed by atoms with E-state index in [1.807, 2.05) is 122 Å². The molecule has 0 aliphatic heterocycles. The summed E-state index contributed by atoms with van der Waals surface area (Å²) in [4.78, 5) is 10.2. The number of aryl methyl sites for hydroxylation is 1. The normalized spacial score (nSPS) is 17.1. The van der Waals surface area contributed by atoms with E-state index in [1.54, 1.807) is 45.9 Å². The molecule has 360 valence electrons. The van der Waals surface area contributed by atoms with Crippen LogP contribution < -0.4 is 0 Å². The quantitative estimate of drug-likeness (QED) is 0.157. The molecule has 71 heavy (non-hydrogen) atoms. The third-order valence-electron chi connectivity index (χ3n) is 13.1. The first-order chi connectivity index (χ1) is 40.8. The van der Waals surface area contributed by atoms with Gasteiger partial charge in [-0.1, -0.05) is 193 Å². The highest BCUT2D eigenvalue weighted by atomic mass is 16.3. The van der Waals surface area contributed by atoms with Crippen LogP contribution in [0.1, 0.15) is 160 Å². The number of nitrogens with zero attached hydrogens (tertiary/aromatic N) is 3. The maximum Gasteiger partial charge on any atom is 0.149 e. The summed E-state index contributed by atoms with van der Waals surface area (Å²) >= 11 is 0. The fraction of sp³-hybridized carbons (Fsp3) is 0.284. The largest absolute Gasteiger partial charge is 0.507 e. The number of imidazole rings is 1. The molecular formula is C67H71N3O. The molecule has 0 saturated carbocycles. The highest BCUT2D eigenvalue weighted by molar-refractivity contribution is 5.98. The van der Waals surface area contributed by atoms with Crippen molar-refractivity contribution in [1.29, 1.82) is 0 Å². The van der Waals surface area contributed by atoms with Gasteiger partial charge in [0.25, 0.3) is 0 Å². The van der Waals surface area contributed by atoms with Crippen molar-refractivity contribution in [3.63, 3.8) is 0 Å². The second-order valence-electron chi connectivity index (χ2n) is 21.0. The Kier molecular flexibility index (Phi) is 8.21. The molecule has 2 heterocycles. The second-order valence-corrected chi connectivity index (χ2v) is 21.0. The Hall–Kier alpha value is -7.04. The number of pyridine rings is 1. The zero-order valence-electron chi connectivity index (χ0n) is 60.0. The molecule has 0 fully saturated rings. The van der Waals surface area contributed by atoms with Crippen molar-refractivity contribution in [1.82, 2.24) is 14.5 Å². The number of benzene rings is 7. The maximum atomic E-state index is 12.7. The molecule has 0 unspecified atom stereocenters. The van der Waals surface area contributed by atoms with Crippen molar-refractivity contribution in [3.05, 3.63) is 191 Å². The third kappa shape index (κ3) is 9.74. The summed E-state index contributed by atoms with van der Waals surface area (Å²) in [5.74, 6) is -2.69. The predicted octanol–water partition coefficient (Wildman–Crippen LogP) is 18.6. The Morgan fingerprint density at radius 2 is 1.24 bits per heavy atom. The summed E-state index contributed by atoms with van der Waals surface area (Å²) in [5, 5.41) is 12.7. The number of para-hydroxylation sites is 1.